The molecule has 13 nitrogen and oxygen atoms in total. The molecule has 0 bridgehead atoms. The maximum Gasteiger partial charge on any atom is 0.243 e. The molecule has 0 unspecified atom stereocenters. The SMILES string of the molecule is O=C(CC[C@H](O)[C@@H](O)[C@H](O)[C@H](O)CO)COC1CCN(S(=O)(=O)c2ccc(Cl)c(COC3(c4cnccc4-c4ccccc4OC4CC4)CC3)c2)CC1. The molecule has 2 heterocycles. The highest BCUT2D eigenvalue weighted by Crippen LogP contribution is 2.53. The zero-order valence-electron chi connectivity index (χ0n) is 29.3. The van der Waals surface area contributed by atoms with Gasteiger partial charge in [0.15, 0.2) is 5.78 Å². The number of piperidine rings is 1. The molecular weight excluding hydrogens is 728 g/mol. The molecule has 3 fully saturated rings. The van der Waals surface area contributed by atoms with Crippen LogP contribution in [-0.4, -0.2) is 112 Å². The first-order valence-electron chi connectivity index (χ1n) is 18.0. The Morgan fingerprint density at radius 1 is 0.943 bits per heavy atom. The van der Waals surface area contributed by atoms with Crippen molar-refractivity contribution < 1.29 is 53.0 Å². The van der Waals surface area contributed by atoms with Crippen LogP contribution in [0.1, 0.15) is 62.5 Å². The zero-order chi connectivity index (χ0) is 37.8. The second-order valence-corrected chi connectivity index (χ2v) is 16.4. The van der Waals surface area contributed by atoms with E-state index >= 15 is 0 Å². The first kappa shape index (κ1) is 39.7. The van der Waals surface area contributed by atoms with Crippen LogP contribution in [0.15, 0.2) is 65.8 Å². The van der Waals surface area contributed by atoms with Gasteiger partial charge in [0.2, 0.25) is 10.0 Å². The largest absolute Gasteiger partial charge is 0.490 e. The Bertz CT molecular complexity index is 1830. The van der Waals surface area contributed by atoms with Crippen molar-refractivity contribution in [3.05, 3.63) is 77.1 Å². The van der Waals surface area contributed by atoms with E-state index in [2.05, 4.69) is 4.98 Å². The summed E-state index contributed by atoms with van der Waals surface area (Å²) in [6, 6.07) is 14.6. The summed E-state index contributed by atoms with van der Waals surface area (Å²) in [5.41, 5.74) is 2.87. The number of halogens is 1. The number of hydrogen-bond acceptors (Lipinski definition) is 12. The van der Waals surface area contributed by atoms with Crippen molar-refractivity contribution >= 4 is 27.4 Å². The number of rotatable bonds is 19. The molecule has 288 valence electrons. The van der Waals surface area contributed by atoms with E-state index in [1.807, 2.05) is 36.5 Å². The van der Waals surface area contributed by atoms with Crippen LogP contribution in [-0.2, 0) is 36.5 Å². The average Bonchev–Trinajstić information content (AvgIpc) is 4.13. The van der Waals surface area contributed by atoms with Gasteiger partial charge < -0.3 is 39.7 Å². The van der Waals surface area contributed by atoms with Crippen LogP contribution in [0, 0.1) is 0 Å². The number of ketones is 1. The lowest BCUT2D eigenvalue weighted by Gasteiger charge is -2.31. The van der Waals surface area contributed by atoms with E-state index in [0.29, 0.717) is 23.4 Å². The van der Waals surface area contributed by atoms with Gasteiger partial charge >= 0.3 is 0 Å². The van der Waals surface area contributed by atoms with Gasteiger partial charge in [-0.05, 0) is 86.4 Å². The number of Topliss-reactive ketones (excluding diaryl/α,β-unsaturated/α-hetero) is 1. The molecule has 0 amide bonds. The van der Waals surface area contributed by atoms with E-state index in [0.717, 1.165) is 48.1 Å². The van der Waals surface area contributed by atoms with Gasteiger partial charge in [-0.15, -0.1) is 0 Å². The number of carbonyl (C=O) groups is 1. The number of ether oxygens (including phenoxy) is 3. The van der Waals surface area contributed by atoms with Crippen LogP contribution < -0.4 is 4.74 Å². The number of carbonyl (C=O) groups excluding carboxylic acids is 1. The molecule has 1 aliphatic heterocycles. The Morgan fingerprint density at radius 2 is 1.66 bits per heavy atom. The van der Waals surface area contributed by atoms with Crippen molar-refractivity contribution in [1.82, 2.24) is 9.29 Å². The molecule has 15 heteroatoms. The highest BCUT2D eigenvalue weighted by Gasteiger charge is 2.48. The summed E-state index contributed by atoms with van der Waals surface area (Å²) >= 11 is 6.58. The quantitative estimate of drug-likeness (QED) is 0.120. The van der Waals surface area contributed by atoms with Crippen LogP contribution in [0.2, 0.25) is 5.02 Å². The molecule has 1 aromatic heterocycles. The summed E-state index contributed by atoms with van der Waals surface area (Å²) in [4.78, 5) is 16.9. The number of pyridine rings is 1. The molecule has 3 aliphatic rings. The molecule has 5 N–H and O–H groups in total. The molecule has 6 rings (SSSR count). The Hall–Kier alpha value is -3.02. The number of sulfonamides is 1. The van der Waals surface area contributed by atoms with Crippen LogP contribution in [0.25, 0.3) is 11.1 Å². The first-order valence-corrected chi connectivity index (χ1v) is 19.8. The van der Waals surface area contributed by atoms with Crippen molar-refractivity contribution in [3.63, 3.8) is 0 Å². The van der Waals surface area contributed by atoms with Gasteiger partial charge in [0.1, 0.15) is 30.7 Å². The summed E-state index contributed by atoms with van der Waals surface area (Å²) in [6.45, 7) is -0.585. The number of aliphatic hydroxyl groups excluding tert-OH is 5. The Kier molecular flexibility index (Phi) is 12.9. The molecule has 2 saturated carbocycles. The number of aliphatic hydroxyl groups is 5. The third-order valence-corrected chi connectivity index (χ3v) is 12.4. The van der Waals surface area contributed by atoms with Crippen LogP contribution in [0.5, 0.6) is 5.75 Å². The fourth-order valence-electron chi connectivity index (χ4n) is 6.51. The highest BCUT2D eigenvalue weighted by atomic mass is 35.5. The van der Waals surface area contributed by atoms with E-state index in [-0.39, 0.29) is 62.0 Å². The topological polar surface area (TPSA) is 196 Å². The molecule has 4 atom stereocenters. The second kappa shape index (κ2) is 17.2. The Labute approximate surface area is 314 Å². The fourth-order valence-corrected chi connectivity index (χ4v) is 8.20. The van der Waals surface area contributed by atoms with Crippen molar-refractivity contribution in [1.29, 1.82) is 0 Å². The lowest BCUT2D eigenvalue weighted by Crippen LogP contribution is -2.46. The van der Waals surface area contributed by atoms with Gasteiger partial charge in [-0.1, -0.05) is 29.8 Å². The number of para-hydroxylation sites is 1. The lowest BCUT2D eigenvalue weighted by molar-refractivity contribution is -0.130. The van der Waals surface area contributed by atoms with E-state index < -0.39 is 46.6 Å². The normalized spacial score (nSPS) is 20.0. The van der Waals surface area contributed by atoms with E-state index in [1.54, 1.807) is 18.3 Å². The van der Waals surface area contributed by atoms with Crippen LogP contribution >= 0.6 is 11.6 Å². The second-order valence-electron chi connectivity index (χ2n) is 14.1. The van der Waals surface area contributed by atoms with Gasteiger partial charge in [0.25, 0.3) is 0 Å². The molecule has 3 aromatic rings. The monoisotopic (exact) mass is 774 g/mol. The Balaban J connectivity index is 1.02. The third-order valence-electron chi connectivity index (χ3n) is 10.1. The molecule has 0 radical (unpaired) electrons. The fraction of sp³-hybridized carbons (Fsp3) is 0.526. The summed E-state index contributed by atoms with van der Waals surface area (Å²) in [5.74, 6) is 0.479. The number of nitrogens with zero attached hydrogens (tertiary/aromatic N) is 2. The van der Waals surface area contributed by atoms with Crippen molar-refractivity contribution in [2.45, 2.75) is 105 Å². The van der Waals surface area contributed by atoms with Crippen molar-refractivity contribution in [2.24, 2.45) is 0 Å². The predicted octanol–water partition coefficient (Wildman–Crippen LogP) is 3.10. The summed E-state index contributed by atoms with van der Waals surface area (Å²) < 4.78 is 47.3. The minimum atomic E-state index is -3.87. The van der Waals surface area contributed by atoms with Gasteiger partial charge in [0, 0.05) is 48.1 Å². The van der Waals surface area contributed by atoms with Crippen LogP contribution in [0.4, 0.5) is 0 Å². The molecule has 2 aromatic carbocycles. The summed E-state index contributed by atoms with van der Waals surface area (Å²) in [5, 5.41) is 48.5. The van der Waals surface area contributed by atoms with E-state index in [4.69, 9.17) is 30.9 Å². The van der Waals surface area contributed by atoms with Crippen molar-refractivity contribution in [3.8, 4) is 16.9 Å². The predicted molar refractivity (Wildman–Crippen MR) is 194 cm³/mol. The van der Waals surface area contributed by atoms with E-state index in [1.165, 1.54) is 10.4 Å². The standard InChI is InChI=1S/C38H47ClN2O11S/c39-32-9-8-28(53(48,49)41-17-12-26(13-18-41)50-23-25(43)5-10-33(44)36(46)37(47)34(45)21-42)19-24(32)22-51-38(14-15-38)31-20-40-16-11-29(31)30-3-1-2-4-35(30)52-27-6-7-27/h1-4,8-9,11,16,19-20,26-27,33-34,36-37,42,44-47H,5-7,10,12-15,17-18,21-23H2/t33-,34+,36+,37+/m0/s1. The van der Waals surface area contributed by atoms with Gasteiger partial charge in [-0.2, -0.15) is 4.31 Å². The molecule has 53 heavy (non-hydrogen) atoms. The minimum absolute atomic E-state index is 0.0991. The zero-order valence-corrected chi connectivity index (χ0v) is 30.9. The average molecular weight is 775 g/mol. The summed E-state index contributed by atoms with van der Waals surface area (Å²) in [6.07, 6.45) is 0.918. The molecule has 2 aliphatic carbocycles. The smallest absolute Gasteiger partial charge is 0.243 e. The molecular formula is C38H47ClN2O11S. The number of aromatic nitrogens is 1. The maximum absolute atomic E-state index is 13.7. The van der Waals surface area contributed by atoms with Gasteiger partial charge in [-0.3, -0.25) is 9.78 Å². The highest BCUT2D eigenvalue weighted by molar-refractivity contribution is 7.89. The van der Waals surface area contributed by atoms with Gasteiger partial charge in [-0.25, -0.2) is 8.42 Å². The maximum atomic E-state index is 13.7. The Morgan fingerprint density at radius 3 is 2.36 bits per heavy atom. The molecule has 0 spiro atoms. The third kappa shape index (κ3) is 9.62. The molecule has 1 saturated heterocycles. The first-order chi connectivity index (χ1) is 25.4. The lowest BCUT2D eigenvalue weighted by atomic mass is 9.96. The van der Waals surface area contributed by atoms with Crippen molar-refractivity contribution in [2.75, 3.05) is 26.3 Å². The number of hydrogen-bond donors (Lipinski definition) is 5. The summed E-state index contributed by atoms with van der Waals surface area (Å²) in [7, 11) is -3.87. The number of benzene rings is 2. The van der Waals surface area contributed by atoms with Crippen LogP contribution in [0.3, 0.4) is 0 Å². The van der Waals surface area contributed by atoms with Gasteiger partial charge in [0.05, 0.1) is 42.0 Å². The van der Waals surface area contributed by atoms with E-state index in [9.17, 15) is 33.6 Å². The minimum Gasteiger partial charge on any atom is -0.490 e.